The quantitative estimate of drug-likeness (QED) is 0.467. The van der Waals surface area contributed by atoms with Crippen molar-refractivity contribution in [1.29, 1.82) is 0 Å². The predicted molar refractivity (Wildman–Crippen MR) is 77.0 cm³/mol. The zero-order chi connectivity index (χ0) is 15.3. The highest BCUT2D eigenvalue weighted by Gasteiger charge is 2.31. The number of rotatable bonds is 7. The lowest BCUT2D eigenvalue weighted by atomic mass is 10.1. The largest absolute Gasteiger partial charge is 0.393 e. The molecule has 0 saturated heterocycles. The summed E-state index contributed by atoms with van der Waals surface area (Å²) in [5.74, 6) is 0. The molecule has 8 nitrogen and oxygen atoms in total. The van der Waals surface area contributed by atoms with Crippen LogP contribution < -0.4 is 10.6 Å². The molecule has 0 aromatic heterocycles. The highest BCUT2D eigenvalue weighted by atomic mass is 16.6. The normalized spacial score (nSPS) is 10.3. The maximum atomic E-state index is 11.2. The van der Waals surface area contributed by atoms with Gasteiger partial charge in [-0.25, -0.2) is 0 Å². The van der Waals surface area contributed by atoms with Crippen molar-refractivity contribution in [1.82, 2.24) is 0 Å². The molecule has 0 bridgehead atoms. The molecule has 1 aromatic rings. The van der Waals surface area contributed by atoms with Crippen LogP contribution >= 0.6 is 0 Å². The molecule has 0 fully saturated rings. The molecule has 0 heterocycles. The first-order valence-corrected chi connectivity index (χ1v) is 6.40. The number of nitrogens with two attached hydrogens (primary N) is 1. The molecule has 0 spiro atoms. The number of anilines is 2. The lowest BCUT2D eigenvalue weighted by Crippen LogP contribution is -2.27. The van der Waals surface area contributed by atoms with Gasteiger partial charge >= 0.3 is 5.69 Å². The van der Waals surface area contributed by atoms with E-state index in [0.29, 0.717) is 13.1 Å². The molecule has 8 heteroatoms. The molecule has 0 aliphatic carbocycles. The van der Waals surface area contributed by atoms with Crippen LogP contribution in [0.5, 0.6) is 0 Å². The summed E-state index contributed by atoms with van der Waals surface area (Å²) >= 11 is 0. The highest BCUT2D eigenvalue weighted by Crippen LogP contribution is 2.41. The third-order valence-electron chi connectivity index (χ3n) is 2.84. The van der Waals surface area contributed by atoms with Gasteiger partial charge in [0.1, 0.15) is 5.69 Å². The molecule has 0 atom stereocenters. The van der Waals surface area contributed by atoms with Crippen LogP contribution in [0.2, 0.25) is 0 Å². The Kier molecular flexibility index (Phi) is 5.24. The van der Waals surface area contributed by atoms with Crippen molar-refractivity contribution in [3.8, 4) is 0 Å². The van der Waals surface area contributed by atoms with Gasteiger partial charge in [0.2, 0.25) is 0 Å². The number of hydrogen-bond acceptors (Lipinski definition) is 6. The first-order chi connectivity index (χ1) is 9.43. The lowest BCUT2D eigenvalue weighted by Gasteiger charge is -2.23. The number of nitro groups is 2. The van der Waals surface area contributed by atoms with E-state index in [9.17, 15) is 20.2 Å². The molecule has 1 aromatic carbocycles. The van der Waals surface area contributed by atoms with E-state index in [1.54, 1.807) is 4.90 Å². The molecule has 1 rings (SSSR count). The van der Waals surface area contributed by atoms with Gasteiger partial charge in [0.25, 0.3) is 5.69 Å². The molecular formula is C12H18N4O4. The van der Waals surface area contributed by atoms with E-state index >= 15 is 0 Å². The third-order valence-corrected chi connectivity index (χ3v) is 2.84. The monoisotopic (exact) mass is 282 g/mol. The Morgan fingerprint density at radius 2 is 1.65 bits per heavy atom. The fraction of sp³-hybridized carbons (Fsp3) is 0.500. The fourth-order valence-corrected chi connectivity index (χ4v) is 2.11. The van der Waals surface area contributed by atoms with Crippen molar-refractivity contribution >= 4 is 22.7 Å². The van der Waals surface area contributed by atoms with Gasteiger partial charge in [0, 0.05) is 19.2 Å². The first kappa shape index (κ1) is 15.7. The standard InChI is InChI=1S/C12H18N4O4/c1-3-7-14(8-4-2)12-10(15(17)18)6-5-9(13)11(12)16(19)20/h5-6H,3-4,7-8,13H2,1-2H3. The number of nitro benzene ring substituents is 2. The zero-order valence-electron chi connectivity index (χ0n) is 11.5. The first-order valence-electron chi connectivity index (χ1n) is 6.40. The van der Waals surface area contributed by atoms with Crippen molar-refractivity contribution in [2.75, 3.05) is 23.7 Å². The number of nitrogens with zero attached hydrogens (tertiary/aromatic N) is 3. The van der Waals surface area contributed by atoms with Gasteiger partial charge in [-0.05, 0) is 18.9 Å². The molecule has 20 heavy (non-hydrogen) atoms. The molecule has 0 amide bonds. The average Bonchev–Trinajstić information content (AvgIpc) is 2.37. The summed E-state index contributed by atoms with van der Waals surface area (Å²) in [5, 5.41) is 22.3. The lowest BCUT2D eigenvalue weighted by molar-refractivity contribution is -0.392. The van der Waals surface area contributed by atoms with Gasteiger partial charge < -0.3 is 10.6 Å². The summed E-state index contributed by atoms with van der Waals surface area (Å²) in [6.07, 6.45) is 1.45. The summed E-state index contributed by atoms with van der Waals surface area (Å²) in [4.78, 5) is 22.7. The smallest absolute Gasteiger partial charge is 0.322 e. The van der Waals surface area contributed by atoms with Crippen LogP contribution in [0.1, 0.15) is 26.7 Å². The average molecular weight is 282 g/mol. The highest BCUT2D eigenvalue weighted by molar-refractivity contribution is 5.83. The zero-order valence-corrected chi connectivity index (χ0v) is 11.5. The third kappa shape index (κ3) is 3.14. The predicted octanol–water partition coefficient (Wildman–Crippen LogP) is 2.71. The second-order valence-electron chi connectivity index (χ2n) is 4.37. The molecule has 0 aliphatic rings. The molecule has 0 saturated carbocycles. The minimum Gasteiger partial charge on any atom is -0.393 e. The molecule has 0 unspecified atom stereocenters. The number of benzene rings is 1. The Balaban J connectivity index is 3.55. The van der Waals surface area contributed by atoms with Crippen LogP contribution in [0.25, 0.3) is 0 Å². The van der Waals surface area contributed by atoms with Crippen LogP contribution in [0.3, 0.4) is 0 Å². The Hall–Kier alpha value is -2.38. The summed E-state index contributed by atoms with van der Waals surface area (Å²) in [5.41, 5.74) is 4.90. The summed E-state index contributed by atoms with van der Waals surface area (Å²) in [7, 11) is 0. The summed E-state index contributed by atoms with van der Waals surface area (Å²) in [6.45, 7) is 4.82. The molecule has 0 aliphatic heterocycles. The summed E-state index contributed by atoms with van der Waals surface area (Å²) in [6, 6.07) is 2.42. The number of nitrogen functional groups attached to an aromatic ring is 1. The van der Waals surface area contributed by atoms with E-state index in [4.69, 9.17) is 5.73 Å². The van der Waals surface area contributed by atoms with Crippen LogP contribution in [0, 0.1) is 20.2 Å². The van der Waals surface area contributed by atoms with Gasteiger partial charge in [0.05, 0.1) is 9.85 Å². The van der Waals surface area contributed by atoms with Crippen LogP contribution in [-0.2, 0) is 0 Å². The number of hydrogen-bond donors (Lipinski definition) is 1. The van der Waals surface area contributed by atoms with Gasteiger partial charge in [-0.2, -0.15) is 0 Å². The molecule has 110 valence electrons. The second-order valence-corrected chi connectivity index (χ2v) is 4.37. The SMILES string of the molecule is CCCN(CCC)c1c([N+](=O)[O-])ccc(N)c1[N+](=O)[O-]. The maximum absolute atomic E-state index is 11.2. The van der Waals surface area contributed by atoms with E-state index in [0.717, 1.165) is 12.8 Å². The minimum atomic E-state index is -0.657. The van der Waals surface area contributed by atoms with Crippen LogP contribution in [0.4, 0.5) is 22.7 Å². The maximum Gasteiger partial charge on any atom is 0.322 e. The van der Waals surface area contributed by atoms with E-state index in [2.05, 4.69) is 0 Å². The topological polar surface area (TPSA) is 116 Å². The van der Waals surface area contributed by atoms with E-state index in [1.165, 1.54) is 12.1 Å². The minimum absolute atomic E-state index is 0.00343. The van der Waals surface area contributed by atoms with Crippen molar-refractivity contribution in [2.45, 2.75) is 26.7 Å². The van der Waals surface area contributed by atoms with Gasteiger partial charge in [-0.15, -0.1) is 0 Å². The van der Waals surface area contributed by atoms with E-state index in [-0.39, 0.29) is 22.7 Å². The van der Waals surface area contributed by atoms with Gasteiger partial charge in [-0.1, -0.05) is 13.8 Å². The fourth-order valence-electron chi connectivity index (χ4n) is 2.11. The Morgan fingerprint density at radius 3 is 2.05 bits per heavy atom. The molecule has 0 radical (unpaired) electrons. The second kappa shape index (κ2) is 6.69. The van der Waals surface area contributed by atoms with E-state index in [1.807, 2.05) is 13.8 Å². The molecular weight excluding hydrogens is 264 g/mol. The van der Waals surface area contributed by atoms with Crippen LogP contribution in [-0.4, -0.2) is 22.9 Å². The van der Waals surface area contributed by atoms with Crippen LogP contribution in [0.15, 0.2) is 12.1 Å². The Morgan fingerprint density at radius 1 is 1.10 bits per heavy atom. The van der Waals surface area contributed by atoms with Crippen molar-refractivity contribution < 1.29 is 9.85 Å². The van der Waals surface area contributed by atoms with Gasteiger partial charge in [0.15, 0.2) is 5.69 Å². The van der Waals surface area contributed by atoms with Gasteiger partial charge in [-0.3, -0.25) is 20.2 Å². The van der Waals surface area contributed by atoms with Crippen molar-refractivity contribution in [2.24, 2.45) is 0 Å². The van der Waals surface area contributed by atoms with Crippen molar-refractivity contribution in [3.05, 3.63) is 32.4 Å². The van der Waals surface area contributed by atoms with E-state index < -0.39 is 9.85 Å². The Labute approximate surface area is 116 Å². The molecule has 2 N–H and O–H groups in total. The van der Waals surface area contributed by atoms with Crippen molar-refractivity contribution in [3.63, 3.8) is 0 Å². The summed E-state index contributed by atoms with van der Waals surface area (Å²) < 4.78 is 0. The Bertz CT molecular complexity index is 512.